The van der Waals surface area contributed by atoms with Crippen molar-refractivity contribution in [3.8, 4) is 5.00 Å². The van der Waals surface area contributed by atoms with Crippen LogP contribution in [0.4, 0.5) is 10.8 Å². The number of thioether (sulfide) groups is 1. The first kappa shape index (κ1) is 20.9. The number of carbonyl (C=O) groups is 1. The van der Waals surface area contributed by atoms with Gasteiger partial charge in [0.05, 0.1) is 21.8 Å². The van der Waals surface area contributed by atoms with Gasteiger partial charge in [-0.3, -0.25) is 19.5 Å². The second kappa shape index (κ2) is 8.08. The molecule has 0 atom stereocenters. The fraction of sp³-hybridized carbons (Fsp3) is 0.200. The molecule has 3 heterocycles. The number of hydrogen-bond donors (Lipinski definition) is 1. The van der Waals surface area contributed by atoms with Gasteiger partial charge in [0, 0.05) is 29.9 Å². The molecule has 1 N–H and O–H groups in total. The number of nitrogens with one attached hydrogen (secondary N) is 1. The van der Waals surface area contributed by atoms with E-state index in [4.69, 9.17) is 0 Å². The van der Waals surface area contributed by atoms with Crippen LogP contribution in [0.25, 0.3) is 11.1 Å². The second-order valence-electron chi connectivity index (χ2n) is 7.70. The van der Waals surface area contributed by atoms with Gasteiger partial charge in [0.25, 0.3) is 11.6 Å². The summed E-state index contributed by atoms with van der Waals surface area (Å²) >= 11 is 2.58. The first-order valence-corrected chi connectivity index (χ1v) is 10.9. The van der Waals surface area contributed by atoms with Crippen molar-refractivity contribution >= 4 is 51.1 Å². The molecular weight excluding hydrogens is 436 g/mol. The van der Waals surface area contributed by atoms with E-state index in [0.717, 1.165) is 10.7 Å². The molecule has 2 aromatic heterocycles. The number of nitro benzene ring substituents is 1. The number of aromatic nitrogens is 3. The highest BCUT2D eigenvalue weighted by Gasteiger charge is 2.27. The summed E-state index contributed by atoms with van der Waals surface area (Å²) in [5.74, 6) is -0.308. The topological polar surface area (TPSA) is 115 Å². The Kier molecular flexibility index (Phi) is 5.46. The van der Waals surface area contributed by atoms with E-state index < -0.39 is 4.92 Å². The summed E-state index contributed by atoms with van der Waals surface area (Å²) in [7, 11) is 0. The van der Waals surface area contributed by atoms with E-state index >= 15 is 0 Å². The number of imidazole rings is 1. The minimum Gasteiger partial charge on any atom is -0.300 e. The van der Waals surface area contributed by atoms with Gasteiger partial charge in [0.2, 0.25) is 5.13 Å². The molecule has 1 aliphatic rings. The summed E-state index contributed by atoms with van der Waals surface area (Å²) in [4.78, 5) is 36.6. The summed E-state index contributed by atoms with van der Waals surface area (Å²) in [5, 5.41) is 15.6. The summed E-state index contributed by atoms with van der Waals surface area (Å²) in [6.45, 7) is 6.22. The number of carbonyl (C=O) groups excluding carboxylic acids is 1. The number of thiazole rings is 1. The average molecular weight is 455 g/mol. The van der Waals surface area contributed by atoms with Crippen LogP contribution in [0.1, 0.15) is 32.0 Å². The Bertz CT molecular complexity index is 1220. The summed E-state index contributed by atoms with van der Waals surface area (Å²) in [6, 6.07) is 6.11. The molecule has 1 fully saturated rings. The number of non-ortho nitro benzene ring substituents is 1. The van der Waals surface area contributed by atoms with E-state index in [-0.39, 0.29) is 17.0 Å². The zero-order valence-corrected chi connectivity index (χ0v) is 18.5. The smallest absolute Gasteiger partial charge is 0.270 e. The van der Waals surface area contributed by atoms with Crippen molar-refractivity contribution in [1.29, 1.82) is 0 Å². The van der Waals surface area contributed by atoms with Gasteiger partial charge in [-0.15, -0.1) is 0 Å². The van der Waals surface area contributed by atoms with Crippen LogP contribution in [-0.2, 0) is 10.2 Å². The minimum atomic E-state index is -0.468. The highest BCUT2D eigenvalue weighted by Crippen LogP contribution is 2.37. The van der Waals surface area contributed by atoms with Gasteiger partial charge in [-0.2, -0.15) is 4.99 Å². The lowest BCUT2D eigenvalue weighted by molar-refractivity contribution is -0.384. The van der Waals surface area contributed by atoms with E-state index in [2.05, 4.69) is 41.0 Å². The van der Waals surface area contributed by atoms with Gasteiger partial charge < -0.3 is 5.32 Å². The third-order valence-corrected chi connectivity index (χ3v) is 6.15. The van der Waals surface area contributed by atoms with Gasteiger partial charge in [-0.25, -0.2) is 9.97 Å². The zero-order chi connectivity index (χ0) is 22.2. The van der Waals surface area contributed by atoms with E-state index in [9.17, 15) is 14.9 Å². The predicted octanol–water partition coefficient (Wildman–Crippen LogP) is 4.43. The van der Waals surface area contributed by atoms with Crippen molar-refractivity contribution in [3.63, 3.8) is 0 Å². The van der Waals surface area contributed by atoms with Gasteiger partial charge in [0.15, 0.2) is 5.17 Å². The predicted molar refractivity (Wildman–Crippen MR) is 122 cm³/mol. The number of aliphatic imine (C=N–C) groups is 1. The van der Waals surface area contributed by atoms with Crippen molar-refractivity contribution < 1.29 is 9.72 Å². The Balaban J connectivity index is 1.63. The van der Waals surface area contributed by atoms with E-state index in [1.54, 1.807) is 30.7 Å². The molecule has 0 aliphatic carbocycles. The minimum absolute atomic E-state index is 0.0313. The normalized spacial score (nSPS) is 16.8. The Labute approximate surface area is 186 Å². The molecule has 0 bridgehead atoms. The van der Waals surface area contributed by atoms with Crippen molar-refractivity contribution in [2.45, 2.75) is 26.2 Å². The van der Waals surface area contributed by atoms with Gasteiger partial charge in [-0.1, -0.05) is 44.2 Å². The summed E-state index contributed by atoms with van der Waals surface area (Å²) in [5.41, 5.74) is 1.22. The molecule has 0 saturated carbocycles. The number of amidine groups is 1. The fourth-order valence-electron chi connectivity index (χ4n) is 2.84. The molecule has 1 saturated heterocycles. The lowest BCUT2D eigenvalue weighted by atomic mass is 9.92. The fourth-order valence-corrected chi connectivity index (χ4v) is 4.83. The monoisotopic (exact) mass is 454 g/mol. The van der Waals surface area contributed by atoms with Crippen LogP contribution in [0, 0.1) is 10.1 Å². The largest absolute Gasteiger partial charge is 0.300 e. The SMILES string of the molecule is CC(C)(C)c1nc(/N=C2\NC(=O)/C(=C/c3cccc([N+](=O)[O-])c3)S2)sc1-n1ccnc1. The molecule has 9 nitrogen and oxygen atoms in total. The first-order chi connectivity index (χ1) is 14.7. The average Bonchev–Trinajstić information content (AvgIpc) is 3.42. The molecular formula is C20H18N6O3S2. The van der Waals surface area contributed by atoms with Crippen LogP contribution >= 0.6 is 23.1 Å². The molecule has 1 aromatic carbocycles. The van der Waals surface area contributed by atoms with Crippen LogP contribution in [0.2, 0.25) is 0 Å². The Hall–Kier alpha value is -3.31. The third kappa shape index (κ3) is 4.57. The van der Waals surface area contributed by atoms with Crippen molar-refractivity contribution in [2.24, 2.45) is 4.99 Å². The maximum Gasteiger partial charge on any atom is 0.270 e. The van der Waals surface area contributed by atoms with E-state index in [1.807, 2.05) is 10.8 Å². The van der Waals surface area contributed by atoms with Crippen LogP contribution in [0.5, 0.6) is 0 Å². The molecule has 1 aliphatic heterocycles. The van der Waals surface area contributed by atoms with Crippen LogP contribution in [-0.4, -0.2) is 30.5 Å². The van der Waals surface area contributed by atoms with Crippen LogP contribution < -0.4 is 5.32 Å². The van der Waals surface area contributed by atoms with Gasteiger partial charge in [0.1, 0.15) is 5.00 Å². The van der Waals surface area contributed by atoms with E-state index in [0.29, 0.717) is 20.8 Å². The number of nitro groups is 1. The lowest BCUT2D eigenvalue weighted by Gasteiger charge is -2.17. The first-order valence-electron chi connectivity index (χ1n) is 9.24. The molecule has 4 rings (SSSR count). The quantitative estimate of drug-likeness (QED) is 0.354. The summed E-state index contributed by atoms with van der Waals surface area (Å²) in [6.07, 6.45) is 6.88. The molecule has 1 amide bonds. The van der Waals surface area contributed by atoms with Crippen molar-refractivity contribution in [1.82, 2.24) is 19.9 Å². The molecule has 3 aromatic rings. The number of amides is 1. The molecule has 0 radical (unpaired) electrons. The molecule has 31 heavy (non-hydrogen) atoms. The maximum absolute atomic E-state index is 12.4. The Morgan fingerprint density at radius 3 is 2.81 bits per heavy atom. The molecule has 0 spiro atoms. The maximum atomic E-state index is 12.4. The van der Waals surface area contributed by atoms with Gasteiger partial charge in [-0.05, 0) is 23.4 Å². The highest BCUT2D eigenvalue weighted by atomic mass is 32.2. The number of benzene rings is 1. The number of hydrogen-bond acceptors (Lipinski definition) is 8. The highest BCUT2D eigenvalue weighted by molar-refractivity contribution is 8.18. The summed E-state index contributed by atoms with van der Waals surface area (Å²) < 4.78 is 1.90. The van der Waals surface area contributed by atoms with Crippen molar-refractivity contribution in [2.75, 3.05) is 0 Å². The molecule has 11 heteroatoms. The Morgan fingerprint density at radius 2 is 2.13 bits per heavy atom. The Morgan fingerprint density at radius 1 is 1.32 bits per heavy atom. The standard InChI is InChI=1S/C20H18N6O3S2/c1-20(2,3)15-17(25-8-7-21-11-25)31-18(22-15)24-19-23-16(27)14(30-19)10-12-5-4-6-13(9-12)26(28)29/h4-11H,1-3H3,(H,22,23,24,27)/b14-10-. The number of rotatable bonds is 4. The van der Waals surface area contributed by atoms with Crippen LogP contribution in [0.15, 0.2) is 52.9 Å². The molecule has 158 valence electrons. The van der Waals surface area contributed by atoms with E-state index in [1.165, 1.54) is 35.2 Å². The second-order valence-corrected chi connectivity index (χ2v) is 9.69. The molecule has 0 unspecified atom stereocenters. The van der Waals surface area contributed by atoms with Gasteiger partial charge >= 0.3 is 0 Å². The lowest BCUT2D eigenvalue weighted by Crippen LogP contribution is -2.19. The van der Waals surface area contributed by atoms with Crippen molar-refractivity contribution in [3.05, 3.63) is 69.3 Å². The van der Waals surface area contributed by atoms with Crippen LogP contribution in [0.3, 0.4) is 0 Å². The number of nitrogens with zero attached hydrogens (tertiary/aromatic N) is 5. The third-order valence-electron chi connectivity index (χ3n) is 4.27. The zero-order valence-electron chi connectivity index (χ0n) is 16.9.